The Kier molecular flexibility index (Phi) is 4.07. The van der Waals surface area contributed by atoms with Crippen LogP contribution in [-0.2, 0) is 7.05 Å². The van der Waals surface area contributed by atoms with E-state index in [9.17, 15) is 0 Å². The average molecular weight is 439 g/mol. The molecule has 34 heavy (non-hydrogen) atoms. The summed E-state index contributed by atoms with van der Waals surface area (Å²) in [6, 6.07) is 34.9. The van der Waals surface area contributed by atoms with Gasteiger partial charge >= 0.3 is 0 Å². The van der Waals surface area contributed by atoms with Crippen LogP contribution in [-0.4, -0.2) is 0 Å². The van der Waals surface area contributed by atoms with Crippen molar-refractivity contribution in [3.8, 4) is 22.4 Å². The lowest BCUT2D eigenvalue weighted by molar-refractivity contribution is -0.660. The molecule has 0 spiro atoms. The second-order valence-electron chi connectivity index (χ2n) is 9.26. The molecule has 0 aliphatic heterocycles. The normalized spacial score (nSPS) is 12.9. The number of benzene rings is 4. The summed E-state index contributed by atoms with van der Waals surface area (Å²) in [6.07, 6.45) is 2.10. The molecular formula is C32H24NO+. The number of hydrogen-bond acceptors (Lipinski definition) is 1. The third-order valence-corrected chi connectivity index (χ3v) is 7.33. The minimum atomic E-state index is 0.174. The van der Waals surface area contributed by atoms with Crippen LogP contribution >= 0.6 is 0 Å². The first-order valence-electron chi connectivity index (χ1n) is 11.8. The number of aryl methyl sites for hydroxylation is 2. The molecule has 0 saturated carbocycles. The van der Waals surface area contributed by atoms with Gasteiger partial charge in [0.2, 0.25) is 5.69 Å². The van der Waals surface area contributed by atoms with Crippen LogP contribution in [0.15, 0.2) is 108 Å². The summed E-state index contributed by atoms with van der Waals surface area (Å²) >= 11 is 0. The third-order valence-electron chi connectivity index (χ3n) is 7.33. The van der Waals surface area contributed by atoms with Crippen LogP contribution in [0.25, 0.3) is 44.3 Å². The summed E-state index contributed by atoms with van der Waals surface area (Å²) in [6.45, 7) is 2.21. The molecule has 0 atom stereocenters. The predicted octanol–water partition coefficient (Wildman–Crippen LogP) is 7.55. The maximum atomic E-state index is 6.64. The van der Waals surface area contributed by atoms with Crippen LogP contribution < -0.4 is 4.57 Å². The highest BCUT2D eigenvalue weighted by Crippen LogP contribution is 2.51. The first-order chi connectivity index (χ1) is 16.7. The minimum absolute atomic E-state index is 0.174. The topological polar surface area (TPSA) is 17.0 Å². The number of furan rings is 1. The fourth-order valence-electron chi connectivity index (χ4n) is 5.88. The van der Waals surface area contributed by atoms with Crippen molar-refractivity contribution in [2.24, 2.45) is 7.05 Å². The van der Waals surface area contributed by atoms with Crippen molar-refractivity contribution in [1.82, 2.24) is 0 Å². The van der Waals surface area contributed by atoms with E-state index in [1.807, 2.05) is 0 Å². The molecule has 0 bridgehead atoms. The monoisotopic (exact) mass is 438 g/mol. The lowest BCUT2D eigenvalue weighted by Crippen LogP contribution is -2.30. The minimum Gasteiger partial charge on any atom is -0.455 e. The van der Waals surface area contributed by atoms with Gasteiger partial charge < -0.3 is 4.42 Å². The number of nitrogens with zero attached hydrogens (tertiary/aromatic N) is 1. The summed E-state index contributed by atoms with van der Waals surface area (Å²) in [7, 11) is 2.10. The molecule has 6 aromatic rings. The first-order valence-corrected chi connectivity index (χ1v) is 11.8. The van der Waals surface area contributed by atoms with Crippen molar-refractivity contribution in [1.29, 1.82) is 0 Å². The molecule has 2 nitrogen and oxygen atoms in total. The van der Waals surface area contributed by atoms with Gasteiger partial charge in [0.1, 0.15) is 18.2 Å². The number of pyridine rings is 1. The molecule has 1 aliphatic carbocycles. The Morgan fingerprint density at radius 3 is 2.09 bits per heavy atom. The Labute approximate surface area is 198 Å². The smallest absolute Gasteiger partial charge is 0.216 e. The van der Waals surface area contributed by atoms with Crippen LogP contribution in [0.5, 0.6) is 0 Å². The molecule has 2 heterocycles. The van der Waals surface area contributed by atoms with Crippen molar-refractivity contribution < 1.29 is 8.98 Å². The SMILES string of the molecule is Cc1cc(C2c3ccccc3-c3ccccc32)c2c(oc3ccccc32)c1-c1cccc[n+]1C. The van der Waals surface area contributed by atoms with E-state index in [-0.39, 0.29) is 5.92 Å². The first kappa shape index (κ1) is 19.3. The van der Waals surface area contributed by atoms with Gasteiger partial charge in [-0.15, -0.1) is 0 Å². The van der Waals surface area contributed by atoms with Crippen LogP contribution in [0.1, 0.15) is 28.2 Å². The van der Waals surface area contributed by atoms with Crippen molar-refractivity contribution in [2.45, 2.75) is 12.8 Å². The van der Waals surface area contributed by atoms with Gasteiger partial charge in [0.05, 0.1) is 5.56 Å². The summed E-state index contributed by atoms with van der Waals surface area (Å²) in [5.74, 6) is 0.174. The molecule has 0 N–H and O–H groups in total. The van der Waals surface area contributed by atoms with Crippen molar-refractivity contribution in [3.05, 3.63) is 126 Å². The number of hydrogen-bond donors (Lipinski definition) is 0. The van der Waals surface area contributed by atoms with E-state index in [0.717, 1.165) is 22.4 Å². The number of para-hydroxylation sites is 1. The molecule has 1 aliphatic rings. The molecule has 2 heteroatoms. The average Bonchev–Trinajstić information content (AvgIpc) is 3.41. The third kappa shape index (κ3) is 2.60. The molecule has 0 fully saturated rings. The van der Waals surface area contributed by atoms with Crippen molar-refractivity contribution >= 4 is 21.9 Å². The molecule has 0 unspecified atom stereocenters. The van der Waals surface area contributed by atoms with E-state index < -0.39 is 0 Å². The van der Waals surface area contributed by atoms with Crippen LogP contribution in [0.4, 0.5) is 0 Å². The molecule has 0 radical (unpaired) electrons. The predicted molar refractivity (Wildman–Crippen MR) is 138 cm³/mol. The van der Waals surface area contributed by atoms with Crippen LogP contribution in [0.2, 0.25) is 0 Å². The van der Waals surface area contributed by atoms with E-state index in [4.69, 9.17) is 4.42 Å². The van der Waals surface area contributed by atoms with Gasteiger partial charge in [0.25, 0.3) is 0 Å². The molecule has 162 valence electrons. The summed E-state index contributed by atoms with van der Waals surface area (Å²) in [5, 5.41) is 2.39. The largest absolute Gasteiger partial charge is 0.455 e. The zero-order valence-corrected chi connectivity index (χ0v) is 19.2. The molecule has 0 amide bonds. The fraction of sp³-hybridized carbons (Fsp3) is 0.0938. The van der Waals surface area contributed by atoms with Gasteiger partial charge in [-0.3, -0.25) is 0 Å². The van der Waals surface area contributed by atoms with Gasteiger partial charge in [0.15, 0.2) is 6.20 Å². The standard InChI is InChI=1S/C32H24NO/c1-20-19-26(30-23-13-5-3-11-21(23)22-12-4-6-14-24(22)30)31-25-15-7-8-17-28(25)34-32(31)29(20)27-16-9-10-18-33(27)2/h3-19,30H,1-2H3/q+1. The summed E-state index contributed by atoms with van der Waals surface area (Å²) in [5.41, 5.74) is 12.2. The second kappa shape index (κ2) is 7.16. The zero-order valence-electron chi connectivity index (χ0n) is 19.2. The van der Waals surface area contributed by atoms with Crippen LogP contribution in [0, 0.1) is 6.92 Å². The van der Waals surface area contributed by atoms with E-state index in [2.05, 4.69) is 122 Å². The maximum absolute atomic E-state index is 6.64. The van der Waals surface area contributed by atoms with Crippen molar-refractivity contribution in [3.63, 3.8) is 0 Å². The van der Waals surface area contributed by atoms with E-state index in [1.54, 1.807) is 0 Å². The number of fused-ring (bicyclic) bond motifs is 6. The Hall–Kier alpha value is -4.17. The zero-order chi connectivity index (χ0) is 22.8. The Morgan fingerprint density at radius 2 is 1.35 bits per heavy atom. The Balaban J connectivity index is 1.63. The van der Waals surface area contributed by atoms with Gasteiger partial charge in [0, 0.05) is 28.8 Å². The second-order valence-corrected chi connectivity index (χ2v) is 9.26. The number of aromatic nitrogens is 1. The highest BCUT2D eigenvalue weighted by Gasteiger charge is 2.33. The summed E-state index contributed by atoms with van der Waals surface area (Å²) in [4.78, 5) is 0. The Bertz CT molecular complexity index is 1690. The molecular weight excluding hydrogens is 414 g/mol. The molecule has 7 rings (SSSR count). The highest BCUT2D eigenvalue weighted by atomic mass is 16.3. The van der Waals surface area contributed by atoms with Crippen LogP contribution in [0.3, 0.4) is 0 Å². The van der Waals surface area contributed by atoms with E-state index >= 15 is 0 Å². The van der Waals surface area contributed by atoms with Gasteiger partial charge in [-0.25, -0.2) is 4.57 Å². The Morgan fingerprint density at radius 1 is 0.706 bits per heavy atom. The van der Waals surface area contributed by atoms with Gasteiger partial charge in [-0.2, -0.15) is 0 Å². The maximum Gasteiger partial charge on any atom is 0.216 e. The van der Waals surface area contributed by atoms with Crippen molar-refractivity contribution in [2.75, 3.05) is 0 Å². The molecule has 2 aromatic heterocycles. The van der Waals surface area contributed by atoms with E-state index in [1.165, 1.54) is 44.2 Å². The number of rotatable bonds is 2. The summed E-state index contributed by atoms with van der Waals surface area (Å²) < 4.78 is 8.81. The highest BCUT2D eigenvalue weighted by molar-refractivity contribution is 6.12. The van der Waals surface area contributed by atoms with Gasteiger partial charge in [-0.1, -0.05) is 72.8 Å². The fourth-order valence-corrected chi connectivity index (χ4v) is 5.88. The lowest BCUT2D eigenvalue weighted by atomic mass is 9.84. The van der Waals surface area contributed by atoms with E-state index in [0.29, 0.717) is 0 Å². The quantitative estimate of drug-likeness (QED) is 0.255. The van der Waals surface area contributed by atoms with Gasteiger partial charge in [-0.05, 0) is 52.4 Å². The molecule has 4 aromatic carbocycles. The molecule has 0 saturated heterocycles. The lowest BCUT2D eigenvalue weighted by Gasteiger charge is -2.18.